The van der Waals surface area contributed by atoms with Crippen LogP contribution >= 0.6 is 39.1 Å². The number of carboxylic acid groups (broad SMARTS) is 1. The third-order valence-electron chi connectivity index (χ3n) is 8.50. The lowest BCUT2D eigenvalue weighted by molar-refractivity contribution is -0.142. The first-order valence-corrected chi connectivity index (χ1v) is 14.8. The number of aliphatic carboxylic acids is 1. The van der Waals surface area contributed by atoms with E-state index in [0.717, 1.165) is 9.80 Å². The van der Waals surface area contributed by atoms with Gasteiger partial charge in [-0.15, -0.1) is 23.2 Å². The molecule has 4 aliphatic rings. The van der Waals surface area contributed by atoms with E-state index >= 15 is 0 Å². The second-order valence-electron chi connectivity index (χ2n) is 10.5. The number of rotatable bonds is 8. The summed E-state index contributed by atoms with van der Waals surface area (Å²) in [7, 11) is 0. The van der Waals surface area contributed by atoms with E-state index in [4.69, 9.17) is 33.0 Å². The van der Waals surface area contributed by atoms with E-state index in [-0.39, 0.29) is 55.8 Å². The van der Waals surface area contributed by atoms with E-state index in [2.05, 4.69) is 15.9 Å². The molecule has 0 spiro atoms. The molecule has 6 atom stereocenters. The lowest BCUT2D eigenvalue weighted by Gasteiger charge is -2.50. The number of likely N-dealkylation sites (tertiary alicyclic amines) is 2. The molecule has 2 heterocycles. The minimum Gasteiger partial charge on any atom is -0.504 e. The highest BCUT2D eigenvalue weighted by atomic mass is 79.9. The fourth-order valence-electron chi connectivity index (χ4n) is 6.78. The van der Waals surface area contributed by atoms with Crippen LogP contribution in [0.2, 0.25) is 0 Å². The van der Waals surface area contributed by atoms with Gasteiger partial charge in [0.15, 0.2) is 21.2 Å². The molecule has 2 aliphatic heterocycles. The Balaban J connectivity index is 1.63. The van der Waals surface area contributed by atoms with Crippen LogP contribution in [0.1, 0.15) is 44.1 Å². The van der Waals surface area contributed by atoms with Gasteiger partial charge in [0, 0.05) is 18.9 Å². The maximum absolute atomic E-state index is 13.8. The van der Waals surface area contributed by atoms with Crippen molar-refractivity contribution in [3.05, 3.63) is 35.4 Å². The van der Waals surface area contributed by atoms with Crippen molar-refractivity contribution in [2.75, 3.05) is 18.6 Å². The second-order valence-corrected chi connectivity index (χ2v) is 12.2. The van der Waals surface area contributed by atoms with Gasteiger partial charge in [0.25, 0.3) is 11.8 Å². The van der Waals surface area contributed by atoms with E-state index in [0.29, 0.717) is 11.1 Å². The monoisotopic (exact) mass is 656 g/mol. The number of ether oxygens (including phenoxy) is 1. The van der Waals surface area contributed by atoms with Gasteiger partial charge in [-0.3, -0.25) is 33.8 Å². The van der Waals surface area contributed by atoms with Gasteiger partial charge in [-0.25, -0.2) is 0 Å². The first-order valence-electron chi connectivity index (χ1n) is 12.9. The predicted molar refractivity (Wildman–Crippen MR) is 146 cm³/mol. The zero-order valence-electron chi connectivity index (χ0n) is 21.4. The summed E-state index contributed by atoms with van der Waals surface area (Å²) >= 11 is 17.5. The molecule has 214 valence electrons. The number of halogens is 3. The van der Waals surface area contributed by atoms with Crippen LogP contribution in [0.3, 0.4) is 0 Å². The van der Waals surface area contributed by atoms with Gasteiger partial charge in [-0.1, -0.05) is 33.6 Å². The van der Waals surface area contributed by atoms with Gasteiger partial charge in [-0.05, 0) is 49.8 Å². The van der Waals surface area contributed by atoms with Crippen LogP contribution in [0, 0.1) is 17.8 Å². The first kappa shape index (κ1) is 28.9. The summed E-state index contributed by atoms with van der Waals surface area (Å²) in [6, 6.07) is 4.53. The quantitative estimate of drug-likeness (QED) is 0.188. The zero-order valence-corrected chi connectivity index (χ0v) is 24.5. The van der Waals surface area contributed by atoms with Crippen LogP contribution in [0.25, 0.3) is 0 Å². The van der Waals surface area contributed by atoms with Crippen molar-refractivity contribution in [2.45, 2.75) is 48.3 Å². The molecule has 1 aromatic carbocycles. The number of phenolic OH excluding ortho intramolecular Hbond substituents is 1. The van der Waals surface area contributed by atoms with Crippen LogP contribution in [0.5, 0.6) is 11.5 Å². The average molecular weight is 658 g/mol. The van der Waals surface area contributed by atoms with Crippen LogP contribution in [-0.2, 0) is 24.0 Å². The third-order valence-corrected chi connectivity index (χ3v) is 10.4. The highest BCUT2D eigenvalue weighted by molar-refractivity contribution is 9.09. The zero-order chi connectivity index (χ0) is 29.1. The van der Waals surface area contributed by atoms with Gasteiger partial charge >= 0.3 is 5.97 Å². The lowest BCUT2D eigenvalue weighted by Crippen LogP contribution is -2.60. The topological polar surface area (TPSA) is 142 Å². The number of carboxylic acids is 1. The Morgan fingerprint density at radius 3 is 2.50 bits per heavy atom. The van der Waals surface area contributed by atoms with E-state index in [1.807, 2.05) is 6.08 Å². The molecule has 4 amide bonds. The Bertz CT molecular complexity index is 1350. The molecule has 0 radical (unpaired) electrons. The number of allylic oxidation sites excluding steroid dienone is 2. The Hall–Kier alpha value is -2.63. The van der Waals surface area contributed by atoms with Crippen LogP contribution in [0.4, 0.5) is 0 Å². The Kier molecular flexibility index (Phi) is 7.46. The van der Waals surface area contributed by atoms with Gasteiger partial charge in [0.05, 0.1) is 23.9 Å². The molecule has 13 heteroatoms. The number of carbonyl (C=O) groups excluding carboxylic acids is 4. The number of hydrogen-bond acceptors (Lipinski definition) is 7. The summed E-state index contributed by atoms with van der Waals surface area (Å²) in [6.07, 6.45) is 1.79. The van der Waals surface area contributed by atoms with Crippen molar-refractivity contribution < 1.29 is 38.9 Å². The van der Waals surface area contributed by atoms with E-state index in [1.165, 1.54) is 6.07 Å². The maximum atomic E-state index is 13.8. The molecule has 2 N–H and O–H groups in total. The van der Waals surface area contributed by atoms with Gasteiger partial charge in [0.1, 0.15) is 0 Å². The molecule has 40 heavy (non-hydrogen) atoms. The Labute approximate surface area is 248 Å². The summed E-state index contributed by atoms with van der Waals surface area (Å²) < 4.78 is 5.57. The second kappa shape index (κ2) is 10.3. The molecule has 0 aromatic heterocycles. The van der Waals surface area contributed by atoms with Crippen molar-refractivity contribution >= 4 is 68.7 Å². The van der Waals surface area contributed by atoms with Crippen molar-refractivity contribution in [3.63, 3.8) is 0 Å². The SMILES string of the molecule is CCOc1cc(C2C3=CCC4C(=O)N(CCCC(=O)O)C(=O)C4C3CC3(Cl)C(=O)N(CBr)C(=O)C23Cl)ccc1O. The third kappa shape index (κ3) is 3.99. The number of hydrogen-bond donors (Lipinski definition) is 2. The van der Waals surface area contributed by atoms with Crippen molar-refractivity contribution in [3.8, 4) is 11.5 Å². The number of benzene rings is 1. The summed E-state index contributed by atoms with van der Waals surface area (Å²) in [6.45, 7) is 1.97. The van der Waals surface area contributed by atoms with Gasteiger partial charge in [-0.2, -0.15) is 0 Å². The van der Waals surface area contributed by atoms with E-state index < -0.39 is 63.0 Å². The standard InChI is InChI=1S/C27H27BrCl2N2O8/c1-2-40-18-10-13(5-8-17(18)33)21-14-6-7-15-20(23(37)31(22(15)36)9-3-4-19(34)35)16(14)11-26(29)24(38)32(12-28)25(39)27(21,26)30/h5-6,8,10,15-16,20-21,33H,2-4,7,9,11-12H2,1H3,(H,34,35). The maximum Gasteiger partial charge on any atom is 0.303 e. The largest absolute Gasteiger partial charge is 0.504 e. The minimum atomic E-state index is -1.96. The lowest BCUT2D eigenvalue weighted by atomic mass is 9.56. The number of aromatic hydroxyl groups is 1. The van der Waals surface area contributed by atoms with Crippen molar-refractivity contribution in [2.24, 2.45) is 17.8 Å². The van der Waals surface area contributed by atoms with Gasteiger partial charge < -0.3 is 14.9 Å². The van der Waals surface area contributed by atoms with Crippen molar-refractivity contribution in [1.82, 2.24) is 9.80 Å². The summed E-state index contributed by atoms with van der Waals surface area (Å²) in [5.74, 6) is -6.44. The molecule has 5 rings (SSSR count). The molecule has 2 saturated heterocycles. The number of alkyl halides is 3. The molecule has 2 aliphatic carbocycles. The smallest absolute Gasteiger partial charge is 0.303 e. The molecule has 10 nitrogen and oxygen atoms in total. The van der Waals surface area contributed by atoms with Crippen LogP contribution in [0.15, 0.2) is 29.8 Å². The molecule has 3 fully saturated rings. The fourth-order valence-corrected chi connectivity index (χ4v) is 8.21. The van der Waals surface area contributed by atoms with E-state index in [9.17, 15) is 29.1 Å². The highest BCUT2D eigenvalue weighted by Gasteiger charge is 2.76. The summed E-state index contributed by atoms with van der Waals surface area (Å²) in [5.41, 5.74) is 0.945. The molecular weight excluding hydrogens is 631 g/mol. The first-order chi connectivity index (χ1) is 18.9. The van der Waals surface area contributed by atoms with Crippen LogP contribution < -0.4 is 4.74 Å². The number of imide groups is 2. The normalized spacial score (nSPS) is 33.0. The molecular formula is C27H27BrCl2N2O8. The number of nitrogens with zero attached hydrogens (tertiary/aromatic N) is 2. The molecule has 6 unspecified atom stereocenters. The number of carbonyl (C=O) groups is 5. The Morgan fingerprint density at radius 2 is 1.85 bits per heavy atom. The molecule has 1 aromatic rings. The summed E-state index contributed by atoms with van der Waals surface area (Å²) in [5, 5.41) is 19.3. The van der Waals surface area contributed by atoms with E-state index in [1.54, 1.807) is 19.1 Å². The minimum absolute atomic E-state index is 0.0294. The molecule has 1 saturated carbocycles. The number of fused-ring (bicyclic) bond motifs is 4. The predicted octanol–water partition coefficient (Wildman–Crippen LogP) is 3.37. The van der Waals surface area contributed by atoms with Gasteiger partial charge in [0.2, 0.25) is 11.8 Å². The highest BCUT2D eigenvalue weighted by Crippen LogP contribution is 2.65. The van der Waals surface area contributed by atoms with Crippen LogP contribution in [-0.4, -0.2) is 78.0 Å². The average Bonchev–Trinajstić information content (AvgIpc) is 3.23. The molecule has 0 bridgehead atoms. The Morgan fingerprint density at radius 1 is 1.12 bits per heavy atom. The summed E-state index contributed by atoms with van der Waals surface area (Å²) in [4.78, 5) is 63.6. The number of phenols is 1. The number of amides is 4. The van der Waals surface area contributed by atoms with Crippen molar-refractivity contribution in [1.29, 1.82) is 0 Å². The fraction of sp³-hybridized carbons (Fsp3) is 0.519.